The predicted molar refractivity (Wildman–Crippen MR) is 120 cm³/mol. The number of carbonyl (C=O) groups is 2. The highest BCUT2D eigenvalue weighted by atomic mass is 35.5. The predicted octanol–water partition coefficient (Wildman–Crippen LogP) is 5.35. The first-order valence-corrected chi connectivity index (χ1v) is 12.0. The number of benzene rings is 1. The molecule has 0 atom stereocenters. The first kappa shape index (κ1) is 22.0. The number of halogens is 2. The summed E-state index contributed by atoms with van der Waals surface area (Å²) in [6.45, 7) is 0.431. The summed E-state index contributed by atoms with van der Waals surface area (Å²) in [6, 6.07) is 8.96. The van der Waals surface area contributed by atoms with Gasteiger partial charge in [0, 0.05) is 28.8 Å². The smallest absolute Gasteiger partial charge is 0.261 e. The Balaban J connectivity index is 1.39. The second-order valence-electron chi connectivity index (χ2n) is 5.75. The van der Waals surface area contributed by atoms with E-state index in [1.54, 1.807) is 24.3 Å². The van der Waals surface area contributed by atoms with Crippen LogP contribution in [0.25, 0.3) is 0 Å². The van der Waals surface area contributed by atoms with Crippen molar-refractivity contribution in [2.24, 2.45) is 0 Å². The van der Waals surface area contributed by atoms with Crippen LogP contribution >= 0.6 is 57.6 Å². The van der Waals surface area contributed by atoms with Crippen LogP contribution in [0, 0.1) is 0 Å². The Bertz CT molecular complexity index is 959. The molecule has 0 saturated carbocycles. The number of hydrogen-bond donors (Lipinski definition) is 2. The summed E-state index contributed by atoms with van der Waals surface area (Å²) in [6.07, 6.45) is 0.816. The molecular formula is C18H16Cl2N4O2S3. The molecule has 2 heterocycles. The van der Waals surface area contributed by atoms with E-state index in [-0.39, 0.29) is 18.2 Å². The van der Waals surface area contributed by atoms with E-state index in [0.717, 1.165) is 5.56 Å². The number of thioether (sulfide) groups is 1. The first-order chi connectivity index (χ1) is 14.0. The number of nitrogens with zero attached hydrogens (tertiary/aromatic N) is 2. The van der Waals surface area contributed by atoms with Gasteiger partial charge >= 0.3 is 0 Å². The highest BCUT2D eigenvalue weighted by molar-refractivity contribution is 8.00. The largest absolute Gasteiger partial charge is 0.351 e. The molecule has 1 aromatic carbocycles. The Hall–Kier alpha value is -1.65. The summed E-state index contributed by atoms with van der Waals surface area (Å²) in [7, 11) is 0. The molecule has 0 radical (unpaired) electrons. The summed E-state index contributed by atoms with van der Waals surface area (Å²) in [5, 5.41) is 17.1. The molecule has 0 fully saturated rings. The number of amides is 2. The van der Waals surface area contributed by atoms with Gasteiger partial charge in [-0.1, -0.05) is 58.4 Å². The van der Waals surface area contributed by atoms with Crippen LogP contribution in [-0.2, 0) is 10.5 Å². The van der Waals surface area contributed by atoms with Crippen LogP contribution in [0.1, 0.15) is 28.1 Å². The fourth-order valence-corrected chi connectivity index (χ4v) is 5.40. The maximum absolute atomic E-state index is 12.0. The average molecular weight is 487 g/mol. The summed E-state index contributed by atoms with van der Waals surface area (Å²) in [5.74, 6) is 0.271. The molecule has 0 spiro atoms. The molecule has 11 heteroatoms. The van der Waals surface area contributed by atoms with Crippen LogP contribution in [0.2, 0.25) is 10.0 Å². The van der Waals surface area contributed by atoms with Crippen molar-refractivity contribution in [3.63, 3.8) is 0 Å². The molecule has 29 heavy (non-hydrogen) atoms. The van der Waals surface area contributed by atoms with E-state index < -0.39 is 0 Å². The molecule has 3 rings (SSSR count). The molecule has 0 bridgehead atoms. The van der Waals surface area contributed by atoms with E-state index in [0.29, 0.717) is 43.1 Å². The number of hydrogen-bond acceptors (Lipinski definition) is 7. The number of thiophene rings is 1. The highest BCUT2D eigenvalue weighted by Crippen LogP contribution is 2.33. The van der Waals surface area contributed by atoms with Crippen LogP contribution < -0.4 is 10.6 Å². The Morgan fingerprint density at radius 1 is 1.10 bits per heavy atom. The lowest BCUT2D eigenvalue weighted by Gasteiger charge is -2.04. The minimum absolute atomic E-state index is 0.121. The quantitative estimate of drug-likeness (QED) is 0.242. The second-order valence-corrected chi connectivity index (χ2v) is 9.71. The van der Waals surface area contributed by atoms with Crippen molar-refractivity contribution in [3.8, 4) is 0 Å². The van der Waals surface area contributed by atoms with Crippen LogP contribution in [0.5, 0.6) is 0 Å². The second kappa shape index (κ2) is 10.9. The summed E-state index contributed by atoms with van der Waals surface area (Å²) in [5.41, 5.74) is 0.839. The molecule has 2 aromatic heterocycles. The van der Waals surface area contributed by atoms with Gasteiger partial charge in [-0.3, -0.25) is 9.59 Å². The van der Waals surface area contributed by atoms with Crippen molar-refractivity contribution in [1.29, 1.82) is 0 Å². The van der Waals surface area contributed by atoms with Crippen LogP contribution in [0.15, 0.2) is 40.1 Å². The lowest BCUT2D eigenvalue weighted by atomic mass is 10.2. The highest BCUT2D eigenvalue weighted by Gasteiger charge is 2.12. The van der Waals surface area contributed by atoms with Gasteiger partial charge in [-0.25, -0.2) is 0 Å². The molecule has 6 nitrogen and oxygen atoms in total. The van der Waals surface area contributed by atoms with Gasteiger partial charge in [-0.2, -0.15) is 0 Å². The molecule has 2 N–H and O–H groups in total. The van der Waals surface area contributed by atoms with E-state index >= 15 is 0 Å². The van der Waals surface area contributed by atoms with Crippen LogP contribution in [0.4, 0.5) is 5.13 Å². The molecule has 0 aliphatic carbocycles. The van der Waals surface area contributed by atoms with Crippen molar-refractivity contribution in [1.82, 2.24) is 15.5 Å². The fourth-order valence-electron chi connectivity index (χ4n) is 2.25. The summed E-state index contributed by atoms with van der Waals surface area (Å²) < 4.78 is 0.708. The zero-order valence-corrected chi connectivity index (χ0v) is 18.9. The topological polar surface area (TPSA) is 84.0 Å². The normalized spacial score (nSPS) is 10.7. The van der Waals surface area contributed by atoms with Gasteiger partial charge in [-0.15, -0.1) is 21.5 Å². The fraction of sp³-hybridized carbons (Fsp3) is 0.222. The lowest BCUT2D eigenvalue weighted by Crippen LogP contribution is -2.24. The average Bonchev–Trinajstić information content (AvgIpc) is 3.37. The van der Waals surface area contributed by atoms with Crippen molar-refractivity contribution in [3.05, 3.63) is 56.2 Å². The Morgan fingerprint density at radius 3 is 2.62 bits per heavy atom. The van der Waals surface area contributed by atoms with E-state index in [1.165, 1.54) is 34.4 Å². The number of carbonyl (C=O) groups excluding carboxylic acids is 2. The van der Waals surface area contributed by atoms with E-state index in [1.807, 2.05) is 11.4 Å². The molecule has 3 aromatic rings. The molecule has 0 unspecified atom stereocenters. The third-order valence-electron chi connectivity index (χ3n) is 3.67. The van der Waals surface area contributed by atoms with Crippen LogP contribution in [-0.4, -0.2) is 28.6 Å². The maximum Gasteiger partial charge on any atom is 0.261 e. The van der Waals surface area contributed by atoms with Gasteiger partial charge in [0.25, 0.3) is 5.91 Å². The molecule has 0 saturated heterocycles. The zero-order valence-electron chi connectivity index (χ0n) is 15.0. The third kappa shape index (κ3) is 6.68. The third-order valence-corrected chi connectivity index (χ3v) is 7.24. The first-order valence-electron chi connectivity index (χ1n) is 8.53. The van der Waals surface area contributed by atoms with Gasteiger partial charge in [0.05, 0.1) is 4.88 Å². The Morgan fingerprint density at radius 2 is 1.90 bits per heavy atom. The Labute approximate surface area is 190 Å². The molecule has 152 valence electrons. The lowest BCUT2D eigenvalue weighted by molar-refractivity contribution is -0.116. The van der Waals surface area contributed by atoms with E-state index in [2.05, 4.69) is 20.8 Å². The number of aromatic nitrogens is 2. The molecule has 0 aliphatic heterocycles. The van der Waals surface area contributed by atoms with Gasteiger partial charge < -0.3 is 10.6 Å². The van der Waals surface area contributed by atoms with Gasteiger partial charge in [0.2, 0.25) is 11.0 Å². The molecule has 0 aliphatic rings. The zero-order chi connectivity index (χ0) is 20.6. The van der Waals surface area contributed by atoms with Gasteiger partial charge in [0.1, 0.15) is 0 Å². The summed E-state index contributed by atoms with van der Waals surface area (Å²) >= 11 is 16.5. The van der Waals surface area contributed by atoms with Crippen LogP contribution in [0.3, 0.4) is 0 Å². The van der Waals surface area contributed by atoms with Crippen molar-refractivity contribution < 1.29 is 9.59 Å². The van der Waals surface area contributed by atoms with Crippen molar-refractivity contribution in [2.75, 3.05) is 11.9 Å². The monoisotopic (exact) mass is 486 g/mol. The maximum atomic E-state index is 12.0. The number of anilines is 1. The Kier molecular flexibility index (Phi) is 8.31. The molecule has 2 amide bonds. The minimum atomic E-state index is -0.169. The number of nitrogens with one attached hydrogen (secondary N) is 2. The van der Waals surface area contributed by atoms with E-state index in [4.69, 9.17) is 23.2 Å². The van der Waals surface area contributed by atoms with Gasteiger partial charge in [-0.05, 0) is 35.6 Å². The molecular weight excluding hydrogens is 471 g/mol. The van der Waals surface area contributed by atoms with Crippen molar-refractivity contribution in [2.45, 2.75) is 22.9 Å². The minimum Gasteiger partial charge on any atom is -0.351 e. The summed E-state index contributed by atoms with van der Waals surface area (Å²) in [4.78, 5) is 24.5. The SMILES string of the molecule is O=C(CCCNC(=O)c1cccs1)Nc1nnc(SCc2c(Cl)cccc2Cl)s1. The van der Waals surface area contributed by atoms with E-state index in [9.17, 15) is 9.59 Å². The number of rotatable bonds is 9. The van der Waals surface area contributed by atoms with Crippen molar-refractivity contribution >= 4 is 74.6 Å². The standard InChI is InChI=1S/C18H16Cl2N4O2S3/c19-12-4-1-5-13(20)11(12)10-28-18-24-23-17(29-18)22-15(25)7-2-8-21-16(26)14-6-3-9-27-14/h1,3-6,9H,2,7-8,10H2,(H,21,26)(H,22,23,25). The van der Waals surface area contributed by atoms with Gasteiger partial charge in [0.15, 0.2) is 4.34 Å².